The maximum Gasteiger partial charge on any atom is 0.333 e. The quantitative estimate of drug-likeness (QED) is 0.507. The lowest BCUT2D eigenvalue weighted by molar-refractivity contribution is 0.242. The van der Waals surface area contributed by atoms with Gasteiger partial charge in [-0.3, -0.25) is 15.5 Å². The van der Waals surface area contributed by atoms with Crippen molar-refractivity contribution in [3.05, 3.63) is 53.4 Å². The summed E-state index contributed by atoms with van der Waals surface area (Å²) in [6, 6.07) is 10.8. The Morgan fingerprint density at radius 3 is 2.87 bits per heavy atom. The van der Waals surface area contributed by atoms with Crippen LogP contribution in [0, 0.1) is 0 Å². The number of hydrogen-bond acceptors (Lipinski definition) is 4. The SMILES string of the molecule is Cn1nc(CNC(=O)NNc2ccc(Cl)nc2)c2ccccc21. The summed E-state index contributed by atoms with van der Waals surface area (Å²) in [7, 11) is 1.88. The van der Waals surface area contributed by atoms with Crippen molar-refractivity contribution in [3.8, 4) is 0 Å². The fourth-order valence-corrected chi connectivity index (χ4v) is 2.32. The number of pyridine rings is 1. The third-order valence-electron chi connectivity index (χ3n) is 3.30. The van der Waals surface area contributed by atoms with Crippen LogP contribution in [0.25, 0.3) is 10.9 Å². The Balaban J connectivity index is 1.57. The molecule has 8 heteroatoms. The van der Waals surface area contributed by atoms with E-state index in [2.05, 4.69) is 26.3 Å². The van der Waals surface area contributed by atoms with Crippen LogP contribution in [-0.4, -0.2) is 20.8 Å². The molecule has 0 saturated carbocycles. The number of hydrogen-bond donors (Lipinski definition) is 3. The van der Waals surface area contributed by atoms with Gasteiger partial charge < -0.3 is 5.32 Å². The second-order valence-corrected chi connectivity index (χ2v) is 5.28. The van der Waals surface area contributed by atoms with E-state index in [1.807, 2.05) is 31.3 Å². The van der Waals surface area contributed by atoms with Gasteiger partial charge in [0.25, 0.3) is 0 Å². The number of fused-ring (bicyclic) bond motifs is 1. The van der Waals surface area contributed by atoms with Crippen LogP contribution in [0.2, 0.25) is 5.15 Å². The molecule has 3 aromatic rings. The number of halogens is 1. The maximum atomic E-state index is 11.8. The third-order valence-corrected chi connectivity index (χ3v) is 3.52. The van der Waals surface area contributed by atoms with Gasteiger partial charge in [0.2, 0.25) is 0 Å². The van der Waals surface area contributed by atoms with Crippen molar-refractivity contribution in [2.24, 2.45) is 7.05 Å². The summed E-state index contributed by atoms with van der Waals surface area (Å²) in [6.45, 7) is 0.327. The van der Waals surface area contributed by atoms with Crippen LogP contribution in [0.15, 0.2) is 42.6 Å². The van der Waals surface area contributed by atoms with Gasteiger partial charge in [-0.2, -0.15) is 5.10 Å². The van der Waals surface area contributed by atoms with E-state index in [-0.39, 0.29) is 6.03 Å². The molecule has 0 radical (unpaired) electrons. The lowest BCUT2D eigenvalue weighted by atomic mass is 10.2. The molecule has 0 aliphatic rings. The van der Waals surface area contributed by atoms with Crippen molar-refractivity contribution < 1.29 is 4.79 Å². The normalized spacial score (nSPS) is 10.5. The highest BCUT2D eigenvalue weighted by Crippen LogP contribution is 2.17. The van der Waals surface area contributed by atoms with E-state index >= 15 is 0 Å². The molecule has 3 rings (SSSR count). The van der Waals surface area contributed by atoms with Gasteiger partial charge >= 0.3 is 6.03 Å². The Morgan fingerprint density at radius 2 is 2.09 bits per heavy atom. The number of carbonyl (C=O) groups is 1. The summed E-state index contributed by atoms with van der Waals surface area (Å²) < 4.78 is 1.79. The fourth-order valence-electron chi connectivity index (χ4n) is 2.21. The topological polar surface area (TPSA) is 83.9 Å². The van der Waals surface area contributed by atoms with Crippen molar-refractivity contribution in [1.29, 1.82) is 0 Å². The van der Waals surface area contributed by atoms with Crippen LogP contribution in [0.1, 0.15) is 5.69 Å². The Morgan fingerprint density at radius 1 is 1.26 bits per heavy atom. The lowest BCUT2D eigenvalue weighted by Gasteiger charge is -2.09. The lowest BCUT2D eigenvalue weighted by Crippen LogP contribution is -2.38. The van der Waals surface area contributed by atoms with E-state index in [0.717, 1.165) is 16.6 Å². The van der Waals surface area contributed by atoms with Crippen LogP contribution < -0.4 is 16.2 Å². The van der Waals surface area contributed by atoms with Gasteiger partial charge in [-0.25, -0.2) is 9.78 Å². The number of aryl methyl sites for hydroxylation is 1. The molecule has 0 saturated heterocycles. The fraction of sp³-hybridized carbons (Fsp3) is 0.133. The predicted octanol–water partition coefficient (Wildman–Crippen LogP) is 2.45. The molecule has 1 aromatic carbocycles. The highest BCUT2D eigenvalue weighted by Gasteiger charge is 2.09. The van der Waals surface area contributed by atoms with Crippen LogP contribution in [0.5, 0.6) is 0 Å². The molecule has 0 unspecified atom stereocenters. The minimum Gasteiger partial charge on any atom is -0.331 e. The molecule has 0 aliphatic heterocycles. The predicted molar refractivity (Wildman–Crippen MR) is 89.0 cm³/mol. The Labute approximate surface area is 137 Å². The molecule has 118 valence electrons. The summed E-state index contributed by atoms with van der Waals surface area (Å²) in [5, 5.41) is 8.58. The van der Waals surface area contributed by atoms with Crippen molar-refractivity contribution in [1.82, 2.24) is 25.5 Å². The van der Waals surface area contributed by atoms with Crippen molar-refractivity contribution in [2.45, 2.75) is 6.54 Å². The van der Waals surface area contributed by atoms with Gasteiger partial charge in [-0.1, -0.05) is 29.8 Å². The largest absolute Gasteiger partial charge is 0.333 e. The maximum absolute atomic E-state index is 11.8. The number of nitrogens with zero attached hydrogens (tertiary/aromatic N) is 3. The highest BCUT2D eigenvalue weighted by molar-refractivity contribution is 6.29. The second kappa shape index (κ2) is 6.53. The molecular formula is C15H15ClN6O. The van der Waals surface area contributed by atoms with Crippen LogP contribution in [0.4, 0.5) is 10.5 Å². The minimum absolute atomic E-state index is 0.327. The van der Waals surface area contributed by atoms with E-state index in [4.69, 9.17) is 11.6 Å². The Bertz CT molecular complexity index is 830. The summed E-state index contributed by atoms with van der Waals surface area (Å²) >= 11 is 5.69. The molecule has 0 bridgehead atoms. The monoisotopic (exact) mass is 330 g/mol. The first kappa shape index (κ1) is 15.1. The number of urea groups is 1. The number of anilines is 1. The zero-order valence-electron chi connectivity index (χ0n) is 12.4. The molecule has 0 aliphatic carbocycles. The summed E-state index contributed by atoms with van der Waals surface area (Å²) in [5.74, 6) is 0. The summed E-state index contributed by atoms with van der Waals surface area (Å²) in [6.07, 6.45) is 1.52. The van der Waals surface area contributed by atoms with Crippen LogP contribution in [-0.2, 0) is 13.6 Å². The first-order chi connectivity index (χ1) is 11.1. The molecule has 7 nitrogen and oxygen atoms in total. The Hall–Kier alpha value is -2.80. The first-order valence-electron chi connectivity index (χ1n) is 6.95. The molecule has 23 heavy (non-hydrogen) atoms. The molecule has 2 amide bonds. The highest BCUT2D eigenvalue weighted by atomic mass is 35.5. The smallest absolute Gasteiger partial charge is 0.331 e. The van der Waals surface area contributed by atoms with Crippen molar-refractivity contribution in [3.63, 3.8) is 0 Å². The number of amides is 2. The number of aromatic nitrogens is 3. The van der Waals surface area contributed by atoms with E-state index in [1.165, 1.54) is 6.20 Å². The third kappa shape index (κ3) is 3.51. The van der Waals surface area contributed by atoms with Crippen LogP contribution in [0.3, 0.4) is 0 Å². The van der Waals surface area contributed by atoms with Crippen LogP contribution >= 0.6 is 11.6 Å². The summed E-state index contributed by atoms with van der Waals surface area (Å²) in [5.41, 5.74) is 7.73. The number of hydrazine groups is 1. The average Bonchev–Trinajstić information content (AvgIpc) is 2.89. The molecule has 2 aromatic heterocycles. The van der Waals surface area contributed by atoms with E-state index in [0.29, 0.717) is 17.4 Å². The molecule has 0 fully saturated rings. The van der Waals surface area contributed by atoms with Gasteiger partial charge in [0.15, 0.2) is 0 Å². The Kier molecular flexibility index (Phi) is 4.29. The zero-order chi connectivity index (χ0) is 16.2. The summed E-state index contributed by atoms with van der Waals surface area (Å²) in [4.78, 5) is 15.7. The van der Waals surface area contributed by atoms with E-state index < -0.39 is 0 Å². The van der Waals surface area contributed by atoms with Crippen molar-refractivity contribution in [2.75, 3.05) is 5.43 Å². The van der Waals surface area contributed by atoms with Gasteiger partial charge in [-0.05, 0) is 18.2 Å². The zero-order valence-corrected chi connectivity index (χ0v) is 13.1. The standard InChI is InChI=1S/C15H15ClN6O/c1-22-13-5-3-2-4-11(13)12(21-22)9-18-15(23)20-19-10-6-7-14(16)17-8-10/h2-8,19H,9H2,1H3,(H2,18,20,23). The molecule has 2 heterocycles. The first-order valence-corrected chi connectivity index (χ1v) is 7.33. The molecule has 0 atom stereocenters. The average molecular weight is 331 g/mol. The minimum atomic E-state index is -0.366. The number of para-hydroxylation sites is 1. The number of benzene rings is 1. The van der Waals surface area contributed by atoms with Gasteiger partial charge in [0.1, 0.15) is 5.15 Å². The van der Waals surface area contributed by atoms with Gasteiger partial charge in [0, 0.05) is 12.4 Å². The molecular weight excluding hydrogens is 316 g/mol. The number of carbonyl (C=O) groups excluding carboxylic acids is 1. The van der Waals surface area contributed by atoms with Crippen molar-refractivity contribution >= 4 is 34.2 Å². The number of rotatable bonds is 4. The molecule has 0 spiro atoms. The number of nitrogens with one attached hydrogen (secondary N) is 3. The second-order valence-electron chi connectivity index (χ2n) is 4.89. The van der Waals surface area contributed by atoms with Gasteiger partial charge in [0.05, 0.1) is 29.6 Å². The molecule has 3 N–H and O–H groups in total. The van der Waals surface area contributed by atoms with Gasteiger partial charge in [-0.15, -0.1) is 0 Å². The van der Waals surface area contributed by atoms with E-state index in [9.17, 15) is 4.79 Å². The van der Waals surface area contributed by atoms with E-state index in [1.54, 1.807) is 16.8 Å².